The third-order valence-electron chi connectivity index (χ3n) is 2.71. The molecule has 0 radical (unpaired) electrons. The van der Waals surface area contributed by atoms with Gasteiger partial charge in [0.1, 0.15) is 0 Å². The normalized spacial score (nSPS) is 27.1. The van der Waals surface area contributed by atoms with Crippen molar-refractivity contribution < 1.29 is 4.74 Å². The molecule has 0 aliphatic carbocycles. The maximum atomic E-state index is 9.16. The van der Waals surface area contributed by atoms with E-state index in [0.29, 0.717) is 6.61 Å². The Kier molecular flexibility index (Phi) is 5.36. The Morgan fingerprint density at radius 2 is 2.43 bits per heavy atom. The Hall–Kier alpha value is -0.200. The molecule has 80 valence electrons. The van der Waals surface area contributed by atoms with Gasteiger partial charge in [0.2, 0.25) is 0 Å². The molecule has 0 aromatic rings. The molecular weight excluding hydrogens is 194 g/mol. The van der Waals surface area contributed by atoms with E-state index in [4.69, 9.17) is 10.00 Å². The number of nitrogens with zero attached hydrogens (tertiary/aromatic N) is 1. The highest BCUT2D eigenvalue weighted by molar-refractivity contribution is 7.99. The molecule has 0 aromatic carbocycles. The summed E-state index contributed by atoms with van der Waals surface area (Å²) in [5.74, 6) is 2.36. The summed E-state index contributed by atoms with van der Waals surface area (Å²) in [5, 5.41) is 9.16. The molecule has 0 spiro atoms. The van der Waals surface area contributed by atoms with Crippen LogP contribution in [-0.4, -0.2) is 24.7 Å². The molecule has 0 amide bonds. The Morgan fingerprint density at radius 3 is 3.00 bits per heavy atom. The first-order valence-electron chi connectivity index (χ1n) is 5.40. The molecule has 1 saturated heterocycles. The molecule has 0 N–H and O–H groups in total. The van der Waals surface area contributed by atoms with Crippen LogP contribution in [0.5, 0.6) is 0 Å². The van der Waals surface area contributed by atoms with E-state index >= 15 is 0 Å². The van der Waals surface area contributed by atoms with Gasteiger partial charge in [-0.05, 0) is 37.2 Å². The number of hydrogen-bond donors (Lipinski definition) is 0. The molecule has 1 fully saturated rings. The molecule has 1 atom stereocenters. The summed E-state index contributed by atoms with van der Waals surface area (Å²) in [7, 11) is 0. The Balaban J connectivity index is 2.26. The van der Waals surface area contributed by atoms with Crippen LogP contribution in [0.15, 0.2) is 0 Å². The van der Waals surface area contributed by atoms with Crippen molar-refractivity contribution in [2.24, 2.45) is 5.41 Å². The SMILES string of the molecule is CCSCCCC1(C#N)CCCOC1. The van der Waals surface area contributed by atoms with Crippen LogP contribution in [0, 0.1) is 16.7 Å². The first kappa shape index (κ1) is 11.9. The molecular formula is C11H19NOS. The van der Waals surface area contributed by atoms with Crippen molar-refractivity contribution in [3.63, 3.8) is 0 Å². The first-order chi connectivity index (χ1) is 6.83. The fourth-order valence-electron chi connectivity index (χ4n) is 1.85. The second-order valence-corrected chi connectivity index (χ2v) is 5.24. The zero-order valence-electron chi connectivity index (χ0n) is 8.92. The molecule has 1 heterocycles. The molecule has 1 aliphatic rings. The summed E-state index contributed by atoms with van der Waals surface area (Å²) in [6.07, 6.45) is 4.24. The van der Waals surface area contributed by atoms with Crippen molar-refractivity contribution in [3.05, 3.63) is 0 Å². The molecule has 1 unspecified atom stereocenters. The van der Waals surface area contributed by atoms with Crippen LogP contribution in [0.2, 0.25) is 0 Å². The third kappa shape index (κ3) is 3.51. The largest absolute Gasteiger partial charge is 0.380 e. The summed E-state index contributed by atoms with van der Waals surface area (Å²) in [6.45, 7) is 3.67. The van der Waals surface area contributed by atoms with Gasteiger partial charge in [-0.25, -0.2) is 0 Å². The monoisotopic (exact) mass is 213 g/mol. The summed E-state index contributed by atoms with van der Waals surface area (Å²) >= 11 is 1.96. The highest BCUT2D eigenvalue weighted by atomic mass is 32.2. The average molecular weight is 213 g/mol. The van der Waals surface area contributed by atoms with E-state index in [1.807, 2.05) is 11.8 Å². The van der Waals surface area contributed by atoms with E-state index in [0.717, 1.165) is 32.3 Å². The van der Waals surface area contributed by atoms with Gasteiger partial charge in [-0.3, -0.25) is 0 Å². The van der Waals surface area contributed by atoms with Crippen LogP contribution < -0.4 is 0 Å². The second kappa shape index (κ2) is 6.31. The Morgan fingerprint density at radius 1 is 1.57 bits per heavy atom. The van der Waals surface area contributed by atoms with Crippen LogP contribution in [0.1, 0.15) is 32.6 Å². The van der Waals surface area contributed by atoms with Gasteiger partial charge in [-0.15, -0.1) is 0 Å². The van der Waals surface area contributed by atoms with E-state index in [2.05, 4.69) is 13.0 Å². The number of hydrogen-bond acceptors (Lipinski definition) is 3. The van der Waals surface area contributed by atoms with Gasteiger partial charge >= 0.3 is 0 Å². The van der Waals surface area contributed by atoms with Gasteiger partial charge in [0, 0.05) is 6.61 Å². The van der Waals surface area contributed by atoms with E-state index < -0.39 is 0 Å². The number of ether oxygens (including phenoxy) is 1. The van der Waals surface area contributed by atoms with E-state index in [1.165, 1.54) is 11.5 Å². The van der Waals surface area contributed by atoms with Crippen LogP contribution in [0.3, 0.4) is 0 Å². The lowest BCUT2D eigenvalue weighted by molar-refractivity contribution is 0.0179. The fraction of sp³-hybridized carbons (Fsp3) is 0.909. The first-order valence-corrected chi connectivity index (χ1v) is 6.55. The van der Waals surface area contributed by atoms with Crippen molar-refractivity contribution in [1.82, 2.24) is 0 Å². The summed E-state index contributed by atoms with van der Waals surface area (Å²) in [4.78, 5) is 0. The lowest BCUT2D eigenvalue weighted by atomic mass is 9.80. The molecule has 0 aromatic heterocycles. The van der Waals surface area contributed by atoms with E-state index in [1.54, 1.807) is 0 Å². The molecule has 0 bridgehead atoms. The van der Waals surface area contributed by atoms with Crippen molar-refractivity contribution in [1.29, 1.82) is 5.26 Å². The Labute approximate surface area is 91.0 Å². The number of nitriles is 1. The summed E-state index contributed by atoms with van der Waals surface area (Å²) in [5.41, 5.74) is -0.160. The van der Waals surface area contributed by atoms with Crippen LogP contribution in [-0.2, 0) is 4.74 Å². The van der Waals surface area contributed by atoms with Gasteiger partial charge in [0.05, 0.1) is 18.1 Å². The summed E-state index contributed by atoms with van der Waals surface area (Å²) < 4.78 is 5.40. The van der Waals surface area contributed by atoms with Gasteiger partial charge < -0.3 is 4.74 Å². The molecule has 3 heteroatoms. The van der Waals surface area contributed by atoms with E-state index in [9.17, 15) is 0 Å². The smallest absolute Gasteiger partial charge is 0.0808 e. The minimum Gasteiger partial charge on any atom is -0.380 e. The molecule has 2 nitrogen and oxygen atoms in total. The Bertz CT molecular complexity index is 194. The lowest BCUT2D eigenvalue weighted by Crippen LogP contribution is -2.30. The fourth-order valence-corrected chi connectivity index (χ4v) is 2.49. The van der Waals surface area contributed by atoms with Crippen LogP contribution >= 0.6 is 11.8 Å². The van der Waals surface area contributed by atoms with Gasteiger partial charge in [0.15, 0.2) is 0 Å². The minimum absolute atomic E-state index is 0.160. The quantitative estimate of drug-likeness (QED) is 0.658. The van der Waals surface area contributed by atoms with Crippen molar-refractivity contribution in [2.45, 2.75) is 32.6 Å². The predicted octanol–water partition coefficient (Wildman–Crippen LogP) is 2.84. The average Bonchev–Trinajstić information content (AvgIpc) is 2.26. The van der Waals surface area contributed by atoms with Gasteiger partial charge in [-0.1, -0.05) is 6.92 Å². The molecule has 1 aliphatic heterocycles. The lowest BCUT2D eigenvalue weighted by Gasteiger charge is -2.30. The third-order valence-corrected chi connectivity index (χ3v) is 3.69. The van der Waals surface area contributed by atoms with Crippen molar-refractivity contribution in [2.75, 3.05) is 24.7 Å². The second-order valence-electron chi connectivity index (χ2n) is 3.85. The zero-order chi connectivity index (χ0) is 10.3. The maximum Gasteiger partial charge on any atom is 0.0808 e. The van der Waals surface area contributed by atoms with Crippen LogP contribution in [0.25, 0.3) is 0 Å². The van der Waals surface area contributed by atoms with Crippen molar-refractivity contribution >= 4 is 11.8 Å². The van der Waals surface area contributed by atoms with Gasteiger partial charge in [0.25, 0.3) is 0 Å². The highest BCUT2D eigenvalue weighted by Gasteiger charge is 2.32. The van der Waals surface area contributed by atoms with E-state index in [-0.39, 0.29) is 5.41 Å². The van der Waals surface area contributed by atoms with Gasteiger partial charge in [-0.2, -0.15) is 17.0 Å². The minimum atomic E-state index is -0.160. The number of thioether (sulfide) groups is 1. The molecule has 14 heavy (non-hydrogen) atoms. The van der Waals surface area contributed by atoms with Crippen molar-refractivity contribution in [3.8, 4) is 6.07 Å². The standard InChI is InChI=1S/C11H19NOS/c1-2-14-8-4-6-11(9-12)5-3-7-13-10-11/h2-8,10H2,1H3. The zero-order valence-corrected chi connectivity index (χ0v) is 9.74. The topological polar surface area (TPSA) is 33.0 Å². The maximum absolute atomic E-state index is 9.16. The summed E-state index contributed by atoms with van der Waals surface area (Å²) in [6, 6.07) is 2.46. The number of rotatable bonds is 5. The molecule has 0 saturated carbocycles. The molecule has 1 rings (SSSR count). The predicted molar refractivity (Wildman–Crippen MR) is 60.3 cm³/mol. The highest BCUT2D eigenvalue weighted by Crippen LogP contribution is 2.33. The van der Waals surface area contributed by atoms with Crippen LogP contribution in [0.4, 0.5) is 0 Å².